The van der Waals surface area contributed by atoms with Crippen molar-refractivity contribution in [2.24, 2.45) is 0 Å². The van der Waals surface area contributed by atoms with Crippen LogP contribution in [0.4, 0.5) is 0 Å². The molecule has 1 aliphatic heterocycles. The molecule has 0 aromatic heterocycles. The lowest BCUT2D eigenvalue weighted by molar-refractivity contribution is 0.132. The maximum absolute atomic E-state index is 9.10. The fraction of sp³-hybridized carbons (Fsp3) is 1.00. The van der Waals surface area contributed by atoms with Crippen LogP contribution in [-0.4, -0.2) is 49.0 Å². The zero-order valence-corrected chi connectivity index (χ0v) is 7.83. The summed E-state index contributed by atoms with van der Waals surface area (Å²) in [6.07, 6.45) is 1.83. The van der Waals surface area contributed by atoms with Gasteiger partial charge < -0.3 is 14.7 Å². The normalized spacial score (nSPS) is 23.5. The minimum Gasteiger partial charge on any atom is -0.393 e. The van der Waals surface area contributed by atoms with Crippen LogP contribution in [0.1, 0.15) is 19.8 Å². The Morgan fingerprint density at radius 2 is 2.25 bits per heavy atom. The second-order valence-corrected chi connectivity index (χ2v) is 3.45. The first-order chi connectivity index (χ1) is 5.79. The van der Waals surface area contributed by atoms with E-state index in [0.717, 1.165) is 45.7 Å². The molecule has 0 aromatic carbocycles. The summed E-state index contributed by atoms with van der Waals surface area (Å²) in [7, 11) is 0. The Kier molecular flexibility index (Phi) is 4.58. The number of nitrogens with zero attached hydrogens (tertiary/aromatic N) is 1. The van der Waals surface area contributed by atoms with Gasteiger partial charge in [0, 0.05) is 26.2 Å². The second kappa shape index (κ2) is 5.51. The molecule has 72 valence electrons. The van der Waals surface area contributed by atoms with Gasteiger partial charge in [-0.1, -0.05) is 0 Å². The molecule has 0 amide bonds. The first-order valence-electron chi connectivity index (χ1n) is 4.77. The lowest BCUT2D eigenvalue weighted by Crippen LogP contribution is -2.29. The highest BCUT2D eigenvalue weighted by Gasteiger charge is 2.09. The molecule has 0 radical (unpaired) electrons. The molecule has 1 heterocycles. The maximum atomic E-state index is 9.10. The van der Waals surface area contributed by atoms with Gasteiger partial charge in [0.1, 0.15) is 0 Å². The highest BCUT2D eigenvalue weighted by Crippen LogP contribution is 2.01. The Morgan fingerprint density at radius 1 is 1.42 bits per heavy atom. The first kappa shape index (κ1) is 9.96. The number of rotatable bonds is 3. The molecule has 1 fully saturated rings. The summed E-state index contributed by atoms with van der Waals surface area (Å²) < 4.78 is 5.33. The smallest absolute Gasteiger partial charge is 0.0593 e. The molecule has 0 spiro atoms. The highest BCUT2D eigenvalue weighted by molar-refractivity contribution is 4.62. The third-order valence-electron chi connectivity index (χ3n) is 2.18. The summed E-state index contributed by atoms with van der Waals surface area (Å²) in [6.45, 7) is 6.72. The van der Waals surface area contributed by atoms with E-state index in [1.54, 1.807) is 0 Å². The van der Waals surface area contributed by atoms with E-state index in [9.17, 15) is 0 Å². The molecule has 1 N–H and O–H groups in total. The van der Waals surface area contributed by atoms with E-state index in [0.29, 0.717) is 0 Å². The van der Waals surface area contributed by atoms with Crippen LogP contribution in [0, 0.1) is 0 Å². The highest BCUT2D eigenvalue weighted by atomic mass is 16.5. The molecule has 1 unspecified atom stereocenters. The van der Waals surface area contributed by atoms with Gasteiger partial charge >= 0.3 is 0 Å². The van der Waals surface area contributed by atoms with E-state index in [2.05, 4.69) is 4.90 Å². The van der Waals surface area contributed by atoms with Crippen LogP contribution in [0.3, 0.4) is 0 Å². The summed E-state index contributed by atoms with van der Waals surface area (Å²) >= 11 is 0. The topological polar surface area (TPSA) is 32.7 Å². The summed E-state index contributed by atoms with van der Waals surface area (Å²) in [5.74, 6) is 0. The molecule has 3 nitrogen and oxygen atoms in total. The van der Waals surface area contributed by atoms with Gasteiger partial charge in [-0.05, 0) is 19.8 Å². The van der Waals surface area contributed by atoms with Crippen molar-refractivity contribution >= 4 is 0 Å². The summed E-state index contributed by atoms with van der Waals surface area (Å²) in [5, 5.41) is 9.10. The Hall–Kier alpha value is -0.120. The fourth-order valence-electron chi connectivity index (χ4n) is 1.39. The molecule has 1 rings (SSSR count). The van der Waals surface area contributed by atoms with Crippen LogP contribution in [-0.2, 0) is 4.74 Å². The Bertz CT molecular complexity index is 109. The Morgan fingerprint density at radius 3 is 3.00 bits per heavy atom. The van der Waals surface area contributed by atoms with Crippen molar-refractivity contribution < 1.29 is 9.84 Å². The van der Waals surface area contributed by atoms with Crippen LogP contribution in [0.15, 0.2) is 0 Å². The zero-order valence-electron chi connectivity index (χ0n) is 7.83. The van der Waals surface area contributed by atoms with Crippen LogP contribution in [0.2, 0.25) is 0 Å². The van der Waals surface area contributed by atoms with Crippen molar-refractivity contribution in [1.29, 1.82) is 0 Å². The largest absolute Gasteiger partial charge is 0.393 e. The van der Waals surface area contributed by atoms with E-state index in [-0.39, 0.29) is 6.10 Å². The van der Waals surface area contributed by atoms with Gasteiger partial charge in [0.2, 0.25) is 0 Å². The average Bonchev–Trinajstić information content (AvgIpc) is 2.28. The fourth-order valence-corrected chi connectivity index (χ4v) is 1.39. The van der Waals surface area contributed by atoms with E-state index in [1.165, 1.54) is 0 Å². The zero-order chi connectivity index (χ0) is 8.81. The molecule has 12 heavy (non-hydrogen) atoms. The van der Waals surface area contributed by atoms with E-state index < -0.39 is 0 Å². The number of aliphatic hydroxyl groups excluding tert-OH is 1. The molecular weight excluding hydrogens is 154 g/mol. The van der Waals surface area contributed by atoms with Gasteiger partial charge in [0.05, 0.1) is 12.7 Å². The minimum absolute atomic E-state index is 0.172. The molecule has 1 aliphatic rings. The van der Waals surface area contributed by atoms with Crippen molar-refractivity contribution in [2.45, 2.75) is 25.9 Å². The predicted octanol–water partition coefficient (Wildman–Crippen LogP) is 0.480. The SMILES string of the molecule is CC(O)CCN1CCCOCC1. The van der Waals surface area contributed by atoms with Gasteiger partial charge in [-0.2, -0.15) is 0 Å². The van der Waals surface area contributed by atoms with E-state index in [4.69, 9.17) is 9.84 Å². The lowest BCUT2D eigenvalue weighted by atomic mass is 10.2. The third-order valence-corrected chi connectivity index (χ3v) is 2.18. The first-order valence-corrected chi connectivity index (χ1v) is 4.77. The van der Waals surface area contributed by atoms with Gasteiger partial charge in [-0.15, -0.1) is 0 Å². The van der Waals surface area contributed by atoms with E-state index >= 15 is 0 Å². The van der Waals surface area contributed by atoms with Crippen molar-refractivity contribution in [3.63, 3.8) is 0 Å². The van der Waals surface area contributed by atoms with E-state index in [1.807, 2.05) is 6.92 Å². The average molecular weight is 173 g/mol. The van der Waals surface area contributed by atoms with Crippen molar-refractivity contribution in [2.75, 3.05) is 32.8 Å². The van der Waals surface area contributed by atoms with Crippen LogP contribution < -0.4 is 0 Å². The number of ether oxygens (including phenoxy) is 1. The second-order valence-electron chi connectivity index (χ2n) is 3.45. The summed E-state index contributed by atoms with van der Waals surface area (Å²) in [5.41, 5.74) is 0. The summed E-state index contributed by atoms with van der Waals surface area (Å²) in [4.78, 5) is 2.36. The molecule has 1 atom stereocenters. The van der Waals surface area contributed by atoms with Crippen LogP contribution >= 0.6 is 0 Å². The van der Waals surface area contributed by atoms with Gasteiger partial charge in [0.15, 0.2) is 0 Å². The Labute approximate surface area is 74.3 Å². The number of hydrogen-bond acceptors (Lipinski definition) is 3. The minimum atomic E-state index is -0.172. The van der Waals surface area contributed by atoms with Crippen molar-refractivity contribution in [3.8, 4) is 0 Å². The van der Waals surface area contributed by atoms with Gasteiger partial charge in [-0.25, -0.2) is 0 Å². The van der Waals surface area contributed by atoms with Gasteiger partial charge in [-0.3, -0.25) is 0 Å². The standard InChI is InChI=1S/C9H19NO2/c1-9(11)3-5-10-4-2-7-12-8-6-10/h9,11H,2-8H2,1H3. The predicted molar refractivity (Wildman–Crippen MR) is 48.2 cm³/mol. The lowest BCUT2D eigenvalue weighted by Gasteiger charge is -2.19. The molecule has 3 heteroatoms. The molecule has 0 aliphatic carbocycles. The Balaban J connectivity index is 2.12. The molecular formula is C9H19NO2. The molecule has 0 bridgehead atoms. The molecule has 0 aromatic rings. The van der Waals surface area contributed by atoms with Crippen LogP contribution in [0.25, 0.3) is 0 Å². The quantitative estimate of drug-likeness (QED) is 0.674. The van der Waals surface area contributed by atoms with Crippen molar-refractivity contribution in [1.82, 2.24) is 4.90 Å². The maximum Gasteiger partial charge on any atom is 0.0593 e. The monoisotopic (exact) mass is 173 g/mol. The number of aliphatic hydroxyl groups is 1. The number of hydrogen-bond donors (Lipinski definition) is 1. The van der Waals surface area contributed by atoms with Gasteiger partial charge in [0.25, 0.3) is 0 Å². The van der Waals surface area contributed by atoms with Crippen LogP contribution in [0.5, 0.6) is 0 Å². The molecule has 1 saturated heterocycles. The molecule has 0 saturated carbocycles. The third kappa shape index (κ3) is 4.04. The summed E-state index contributed by atoms with van der Waals surface area (Å²) in [6, 6.07) is 0. The van der Waals surface area contributed by atoms with Crippen molar-refractivity contribution in [3.05, 3.63) is 0 Å².